The maximum Gasteiger partial charge on any atom is 0.165 e. The minimum atomic E-state index is -0.210. The normalized spacial score (nSPS) is 25.2. The van der Waals surface area contributed by atoms with Gasteiger partial charge in [0, 0.05) is 31.4 Å². The van der Waals surface area contributed by atoms with E-state index in [4.69, 9.17) is 0 Å². The van der Waals surface area contributed by atoms with E-state index in [-0.39, 0.29) is 5.82 Å². The number of rotatable bonds is 4. The molecule has 1 aliphatic heterocycles. The Labute approximate surface area is 126 Å². The Morgan fingerprint density at radius 3 is 2.86 bits per heavy atom. The zero-order valence-electron chi connectivity index (χ0n) is 12.9. The molecule has 4 heteroatoms. The lowest BCUT2D eigenvalue weighted by Crippen LogP contribution is -2.43. The fraction of sp³-hybridized carbons (Fsp3) is 0.706. The molecular weight excluding hydrogens is 265 g/mol. The van der Waals surface area contributed by atoms with Gasteiger partial charge in [-0.15, -0.1) is 0 Å². The highest BCUT2D eigenvalue weighted by Gasteiger charge is 2.28. The quantitative estimate of drug-likeness (QED) is 0.922. The van der Waals surface area contributed by atoms with E-state index in [1.807, 2.05) is 0 Å². The summed E-state index contributed by atoms with van der Waals surface area (Å²) in [5, 5.41) is 3.78. The number of hydrogen-bond donors (Lipinski definition) is 1. The molecule has 1 saturated heterocycles. The number of nitrogens with zero attached hydrogens (tertiary/aromatic N) is 2. The molecule has 3 nitrogen and oxygen atoms in total. The molecule has 116 valence electrons. The van der Waals surface area contributed by atoms with Crippen molar-refractivity contribution in [2.24, 2.45) is 5.92 Å². The van der Waals surface area contributed by atoms with E-state index in [2.05, 4.69) is 22.1 Å². The van der Waals surface area contributed by atoms with Crippen LogP contribution in [0.3, 0.4) is 0 Å². The van der Waals surface area contributed by atoms with E-state index in [0.717, 1.165) is 25.4 Å². The van der Waals surface area contributed by atoms with Crippen LogP contribution in [0, 0.1) is 11.7 Å². The van der Waals surface area contributed by atoms with Crippen molar-refractivity contribution in [3.63, 3.8) is 0 Å². The molecule has 0 amide bonds. The summed E-state index contributed by atoms with van der Waals surface area (Å²) in [6.45, 7) is 4.08. The predicted octanol–water partition coefficient (Wildman–Crippen LogP) is 3.36. The van der Waals surface area contributed by atoms with Crippen molar-refractivity contribution in [2.75, 3.05) is 18.0 Å². The first-order valence-corrected chi connectivity index (χ1v) is 8.35. The van der Waals surface area contributed by atoms with Gasteiger partial charge in [0.1, 0.15) is 0 Å². The number of hydrogen-bond acceptors (Lipinski definition) is 3. The van der Waals surface area contributed by atoms with Gasteiger partial charge in [-0.1, -0.05) is 19.3 Å². The largest absolute Gasteiger partial charge is 0.353 e. The van der Waals surface area contributed by atoms with Crippen LogP contribution in [0.1, 0.15) is 45.4 Å². The Morgan fingerprint density at radius 1 is 1.29 bits per heavy atom. The summed E-state index contributed by atoms with van der Waals surface area (Å²) < 4.78 is 13.8. The number of nitrogens with one attached hydrogen (secondary N) is 1. The molecule has 0 spiro atoms. The maximum atomic E-state index is 13.8. The molecule has 0 bridgehead atoms. The molecule has 0 radical (unpaired) electrons. The molecule has 2 atom stereocenters. The summed E-state index contributed by atoms with van der Waals surface area (Å²) in [6, 6.07) is 4.18. The molecule has 1 aliphatic carbocycles. The first kappa shape index (κ1) is 14.8. The summed E-state index contributed by atoms with van der Waals surface area (Å²) in [7, 11) is 0. The number of anilines is 1. The molecule has 2 heterocycles. The van der Waals surface area contributed by atoms with E-state index < -0.39 is 0 Å². The zero-order chi connectivity index (χ0) is 14.7. The molecule has 0 aromatic carbocycles. The third kappa shape index (κ3) is 3.54. The standard InChI is InChI=1S/C17H26FN3/c1-13(14-6-3-2-4-7-14)20-15-9-11-21(12-15)17-16(18)8-5-10-19-17/h5,8,10,13-15,20H,2-4,6-7,9,11-12H2,1H3/t13-,15-/m0/s1. The summed E-state index contributed by atoms with van der Waals surface area (Å²) in [4.78, 5) is 6.26. The molecule has 21 heavy (non-hydrogen) atoms. The number of aromatic nitrogens is 1. The number of halogens is 1. The van der Waals surface area contributed by atoms with Crippen LogP contribution in [-0.2, 0) is 0 Å². The monoisotopic (exact) mass is 291 g/mol. The second-order valence-corrected chi connectivity index (χ2v) is 6.59. The molecule has 3 rings (SSSR count). The SMILES string of the molecule is C[C@H](N[C@H]1CCN(c2ncccc2F)C1)C1CCCCC1. The molecular formula is C17H26FN3. The zero-order valence-corrected chi connectivity index (χ0v) is 12.9. The van der Waals surface area contributed by atoms with Crippen LogP contribution in [0.25, 0.3) is 0 Å². The van der Waals surface area contributed by atoms with E-state index in [9.17, 15) is 4.39 Å². The molecule has 1 aromatic rings. The Hall–Kier alpha value is -1.16. The second kappa shape index (κ2) is 6.73. The maximum absolute atomic E-state index is 13.8. The van der Waals surface area contributed by atoms with E-state index in [1.165, 1.54) is 38.2 Å². The first-order chi connectivity index (χ1) is 10.2. The Balaban J connectivity index is 1.53. The molecule has 2 fully saturated rings. The highest BCUT2D eigenvalue weighted by molar-refractivity contribution is 5.41. The van der Waals surface area contributed by atoms with Crippen LogP contribution < -0.4 is 10.2 Å². The van der Waals surface area contributed by atoms with Crippen LogP contribution in [-0.4, -0.2) is 30.2 Å². The van der Waals surface area contributed by atoms with Gasteiger partial charge in [0.15, 0.2) is 11.6 Å². The lowest BCUT2D eigenvalue weighted by molar-refractivity contribution is 0.267. The van der Waals surface area contributed by atoms with Gasteiger partial charge in [0.25, 0.3) is 0 Å². The fourth-order valence-electron chi connectivity index (χ4n) is 3.84. The van der Waals surface area contributed by atoms with Crippen molar-refractivity contribution in [1.82, 2.24) is 10.3 Å². The lowest BCUT2D eigenvalue weighted by atomic mass is 9.84. The Morgan fingerprint density at radius 2 is 2.10 bits per heavy atom. The van der Waals surface area contributed by atoms with E-state index in [1.54, 1.807) is 12.3 Å². The summed E-state index contributed by atoms with van der Waals surface area (Å²) in [6.07, 6.45) is 9.63. The molecule has 2 aliphatic rings. The predicted molar refractivity (Wildman–Crippen MR) is 84.0 cm³/mol. The van der Waals surface area contributed by atoms with Crippen molar-refractivity contribution >= 4 is 5.82 Å². The molecule has 1 saturated carbocycles. The summed E-state index contributed by atoms with van der Waals surface area (Å²) >= 11 is 0. The smallest absolute Gasteiger partial charge is 0.165 e. The highest BCUT2D eigenvalue weighted by atomic mass is 19.1. The van der Waals surface area contributed by atoms with Crippen molar-refractivity contribution in [3.05, 3.63) is 24.1 Å². The summed E-state index contributed by atoms with van der Waals surface area (Å²) in [5.41, 5.74) is 0. The van der Waals surface area contributed by atoms with Gasteiger partial charge in [-0.2, -0.15) is 0 Å². The van der Waals surface area contributed by atoms with Gasteiger partial charge in [0.05, 0.1) is 0 Å². The average molecular weight is 291 g/mol. The summed E-state index contributed by atoms with van der Waals surface area (Å²) in [5.74, 6) is 1.12. The van der Waals surface area contributed by atoms with Gasteiger partial charge < -0.3 is 10.2 Å². The lowest BCUT2D eigenvalue weighted by Gasteiger charge is -2.30. The first-order valence-electron chi connectivity index (χ1n) is 8.35. The third-order valence-corrected chi connectivity index (χ3v) is 5.08. The van der Waals surface area contributed by atoms with Crippen molar-refractivity contribution in [2.45, 2.75) is 57.5 Å². The van der Waals surface area contributed by atoms with Crippen molar-refractivity contribution in [1.29, 1.82) is 0 Å². The van der Waals surface area contributed by atoms with Crippen LogP contribution >= 0.6 is 0 Å². The average Bonchev–Trinajstić information content (AvgIpc) is 2.97. The second-order valence-electron chi connectivity index (χ2n) is 6.59. The third-order valence-electron chi connectivity index (χ3n) is 5.08. The highest BCUT2D eigenvalue weighted by Crippen LogP contribution is 2.27. The van der Waals surface area contributed by atoms with E-state index in [0.29, 0.717) is 17.9 Å². The van der Waals surface area contributed by atoms with Crippen molar-refractivity contribution < 1.29 is 4.39 Å². The molecule has 1 aromatic heterocycles. The van der Waals surface area contributed by atoms with Crippen LogP contribution in [0.5, 0.6) is 0 Å². The van der Waals surface area contributed by atoms with Crippen LogP contribution in [0.2, 0.25) is 0 Å². The minimum Gasteiger partial charge on any atom is -0.353 e. The van der Waals surface area contributed by atoms with Crippen LogP contribution in [0.15, 0.2) is 18.3 Å². The Kier molecular flexibility index (Phi) is 4.73. The topological polar surface area (TPSA) is 28.2 Å². The fourth-order valence-corrected chi connectivity index (χ4v) is 3.84. The Bertz CT molecular complexity index is 459. The van der Waals surface area contributed by atoms with Gasteiger partial charge >= 0.3 is 0 Å². The molecule has 0 unspecified atom stereocenters. The van der Waals surface area contributed by atoms with Crippen LogP contribution in [0.4, 0.5) is 10.2 Å². The van der Waals surface area contributed by atoms with E-state index >= 15 is 0 Å². The number of pyridine rings is 1. The van der Waals surface area contributed by atoms with Gasteiger partial charge in [-0.05, 0) is 44.2 Å². The van der Waals surface area contributed by atoms with Crippen molar-refractivity contribution in [3.8, 4) is 0 Å². The van der Waals surface area contributed by atoms with Gasteiger partial charge in [-0.3, -0.25) is 0 Å². The van der Waals surface area contributed by atoms with Gasteiger partial charge in [0.2, 0.25) is 0 Å². The van der Waals surface area contributed by atoms with Gasteiger partial charge in [-0.25, -0.2) is 9.37 Å². The molecule has 1 N–H and O–H groups in total. The minimum absolute atomic E-state index is 0.210.